The zero-order valence-corrected chi connectivity index (χ0v) is 25.9. The first-order valence-electron chi connectivity index (χ1n) is 16.0. The largest absolute Gasteiger partial charge is 0.367 e. The molecule has 1 aliphatic heterocycles. The van der Waals surface area contributed by atoms with Gasteiger partial charge in [-0.1, -0.05) is 109 Å². The second-order valence-electron chi connectivity index (χ2n) is 12.1. The fraction of sp³-hybridized carbons (Fsp3) is 0.0465. The maximum atomic E-state index is 5.07. The number of aromatic nitrogens is 3. The van der Waals surface area contributed by atoms with Crippen LogP contribution >= 0.6 is 0 Å². The van der Waals surface area contributed by atoms with E-state index in [-0.39, 0.29) is 6.04 Å². The Hall–Kier alpha value is -6.13. The van der Waals surface area contributed by atoms with Crippen molar-refractivity contribution in [1.82, 2.24) is 19.9 Å². The van der Waals surface area contributed by atoms with Gasteiger partial charge in [0.25, 0.3) is 0 Å². The molecule has 5 aromatic carbocycles. The van der Waals surface area contributed by atoms with Crippen molar-refractivity contribution in [1.29, 1.82) is 0 Å². The lowest BCUT2D eigenvalue weighted by Crippen LogP contribution is -2.26. The summed E-state index contributed by atoms with van der Waals surface area (Å²) < 4.78 is 0. The molecule has 0 saturated heterocycles. The molecule has 9 rings (SSSR count). The molecule has 0 spiro atoms. The molecule has 0 aliphatic carbocycles. The van der Waals surface area contributed by atoms with E-state index in [9.17, 15) is 0 Å². The van der Waals surface area contributed by atoms with Crippen LogP contribution in [0.4, 0.5) is 0 Å². The second-order valence-corrected chi connectivity index (χ2v) is 12.1. The zero-order chi connectivity index (χ0) is 31.3. The molecule has 222 valence electrons. The van der Waals surface area contributed by atoms with Crippen LogP contribution in [0.5, 0.6) is 0 Å². The zero-order valence-electron chi connectivity index (χ0n) is 25.9. The summed E-state index contributed by atoms with van der Waals surface area (Å²) in [5.74, 6) is 0. The van der Waals surface area contributed by atoms with Crippen molar-refractivity contribution >= 4 is 37.9 Å². The Morgan fingerprint density at radius 2 is 1.06 bits per heavy atom. The van der Waals surface area contributed by atoms with Gasteiger partial charge in [-0.2, -0.15) is 0 Å². The molecule has 0 amide bonds. The summed E-state index contributed by atoms with van der Waals surface area (Å²) in [7, 11) is 2.16. The molecule has 1 atom stereocenters. The summed E-state index contributed by atoms with van der Waals surface area (Å²) in [6, 6.07) is 47.2. The Morgan fingerprint density at radius 1 is 0.489 bits per heavy atom. The van der Waals surface area contributed by atoms with E-state index in [0.29, 0.717) is 0 Å². The number of rotatable bonds is 4. The Kier molecular flexibility index (Phi) is 6.39. The van der Waals surface area contributed by atoms with Crippen molar-refractivity contribution in [3.05, 3.63) is 181 Å². The van der Waals surface area contributed by atoms with Crippen LogP contribution in [0.15, 0.2) is 158 Å². The van der Waals surface area contributed by atoms with Crippen molar-refractivity contribution in [3.8, 4) is 22.5 Å². The van der Waals surface area contributed by atoms with E-state index >= 15 is 0 Å². The molecular formula is C43H30N4. The minimum absolute atomic E-state index is 0.0306. The van der Waals surface area contributed by atoms with Gasteiger partial charge >= 0.3 is 0 Å². The molecule has 0 N–H and O–H groups in total. The van der Waals surface area contributed by atoms with E-state index in [2.05, 4.69) is 132 Å². The van der Waals surface area contributed by atoms with E-state index < -0.39 is 0 Å². The van der Waals surface area contributed by atoms with Gasteiger partial charge in [0.15, 0.2) is 0 Å². The Bertz CT molecular complexity index is 2430. The molecular weight excluding hydrogens is 573 g/mol. The highest BCUT2D eigenvalue weighted by molar-refractivity contribution is 6.22. The van der Waals surface area contributed by atoms with Crippen molar-refractivity contribution in [2.24, 2.45) is 0 Å². The van der Waals surface area contributed by atoms with E-state index in [0.717, 1.165) is 33.4 Å². The van der Waals surface area contributed by atoms with E-state index in [1.54, 1.807) is 0 Å². The fourth-order valence-corrected chi connectivity index (χ4v) is 7.46. The maximum absolute atomic E-state index is 5.07. The number of hydrogen-bond acceptors (Lipinski definition) is 4. The Labute approximate surface area is 273 Å². The average Bonchev–Trinajstić information content (AvgIpc) is 3.14. The van der Waals surface area contributed by atoms with Gasteiger partial charge in [0.05, 0.1) is 23.1 Å². The lowest BCUT2D eigenvalue weighted by atomic mass is 9.80. The first-order valence-corrected chi connectivity index (χ1v) is 16.0. The molecule has 3 aromatic heterocycles. The number of fused-ring (bicyclic) bond motifs is 4. The molecule has 47 heavy (non-hydrogen) atoms. The molecule has 4 heteroatoms. The predicted octanol–water partition coefficient (Wildman–Crippen LogP) is 10.1. The maximum Gasteiger partial charge on any atom is 0.0964 e. The van der Waals surface area contributed by atoms with Crippen molar-refractivity contribution in [2.75, 3.05) is 7.05 Å². The highest BCUT2D eigenvalue weighted by Crippen LogP contribution is 2.48. The van der Waals surface area contributed by atoms with Crippen molar-refractivity contribution in [2.45, 2.75) is 6.04 Å². The van der Waals surface area contributed by atoms with Crippen LogP contribution in [0, 0.1) is 0 Å². The third-order valence-electron chi connectivity index (χ3n) is 9.43. The first-order chi connectivity index (χ1) is 23.3. The molecule has 0 fully saturated rings. The number of nitrogens with zero attached hydrogens (tertiary/aromatic N) is 4. The second kappa shape index (κ2) is 11.0. The third kappa shape index (κ3) is 4.33. The monoisotopic (exact) mass is 602 g/mol. The summed E-state index contributed by atoms with van der Waals surface area (Å²) >= 11 is 0. The number of benzene rings is 5. The predicted molar refractivity (Wildman–Crippen MR) is 193 cm³/mol. The highest BCUT2D eigenvalue weighted by Gasteiger charge is 2.30. The third-order valence-corrected chi connectivity index (χ3v) is 9.43. The topological polar surface area (TPSA) is 41.9 Å². The van der Waals surface area contributed by atoms with Crippen LogP contribution in [0.2, 0.25) is 0 Å². The van der Waals surface area contributed by atoms with Gasteiger partial charge in [-0.25, -0.2) is 0 Å². The van der Waals surface area contributed by atoms with Gasteiger partial charge in [0, 0.05) is 48.4 Å². The lowest BCUT2D eigenvalue weighted by molar-refractivity contribution is 0.373. The standard InChI is InChI=1S/C43H30N4/c1-47-27-37(29-15-3-9-21-35(29)43(47)39-23-11-13-25-45-39)41-32-18-6-4-16-30(32)40(31-17-5-7-19-33(31)41)36-26-46-42(38-22-10-12-24-44-38)34-20-8-2-14-28(34)36/h2-27,43H,1H3. The van der Waals surface area contributed by atoms with Gasteiger partial charge in [0.1, 0.15) is 0 Å². The number of pyridine rings is 3. The van der Waals surface area contributed by atoms with E-state index in [1.807, 2.05) is 42.9 Å². The van der Waals surface area contributed by atoms with Crippen LogP contribution in [-0.2, 0) is 0 Å². The normalized spacial score (nSPS) is 14.4. The van der Waals surface area contributed by atoms with Gasteiger partial charge in [-0.3, -0.25) is 15.0 Å². The molecule has 0 saturated carbocycles. The van der Waals surface area contributed by atoms with Gasteiger partial charge in [-0.05, 0) is 73.5 Å². The molecule has 1 unspecified atom stereocenters. The summed E-state index contributed by atoms with van der Waals surface area (Å²) in [6.07, 6.45) is 8.06. The quantitative estimate of drug-likeness (QED) is 0.188. The minimum Gasteiger partial charge on any atom is -0.367 e. The van der Waals surface area contributed by atoms with Crippen LogP contribution in [0.25, 0.3) is 60.4 Å². The molecule has 1 aliphatic rings. The van der Waals surface area contributed by atoms with E-state index in [1.165, 1.54) is 49.4 Å². The van der Waals surface area contributed by atoms with Crippen molar-refractivity contribution in [3.63, 3.8) is 0 Å². The molecule has 4 nitrogen and oxygen atoms in total. The average molecular weight is 603 g/mol. The van der Waals surface area contributed by atoms with Crippen LogP contribution in [-0.4, -0.2) is 26.9 Å². The molecule has 4 heterocycles. The Morgan fingerprint density at radius 3 is 1.72 bits per heavy atom. The summed E-state index contributed by atoms with van der Waals surface area (Å²) in [4.78, 5) is 16.8. The smallest absolute Gasteiger partial charge is 0.0964 e. The lowest BCUT2D eigenvalue weighted by Gasteiger charge is -2.35. The van der Waals surface area contributed by atoms with Crippen molar-refractivity contribution < 1.29 is 0 Å². The van der Waals surface area contributed by atoms with Gasteiger partial charge in [-0.15, -0.1) is 0 Å². The fourth-order valence-electron chi connectivity index (χ4n) is 7.46. The first kappa shape index (κ1) is 27.2. The summed E-state index contributed by atoms with van der Waals surface area (Å²) in [5.41, 5.74) is 10.0. The molecule has 0 bridgehead atoms. The summed E-state index contributed by atoms with van der Waals surface area (Å²) in [6.45, 7) is 0. The van der Waals surface area contributed by atoms with Crippen LogP contribution < -0.4 is 0 Å². The molecule has 8 aromatic rings. The highest BCUT2D eigenvalue weighted by atomic mass is 15.1. The molecule has 0 radical (unpaired) electrons. The van der Waals surface area contributed by atoms with E-state index in [4.69, 9.17) is 9.97 Å². The van der Waals surface area contributed by atoms with Gasteiger partial charge in [0.2, 0.25) is 0 Å². The SMILES string of the molecule is CN1C=C(c2c3ccccc3c(-c3cnc(-c4ccccn4)c4ccccc34)c3ccccc23)c2ccccc2C1c1ccccn1. The van der Waals surface area contributed by atoms with Crippen LogP contribution in [0.1, 0.15) is 28.4 Å². The number of hydrogen-bond donors (Lipinski definition) is 0. The Balaban J connectivity index is 1.34. The minimum atomic E-state index is 0.0306. The van der Waals surface area contributed by atoms with Gasteiger partial charge < -0.3 is 4.90 Å². The summed E-state index contributed by atoms with van der Waals surface area (Å²) in [5, 5.41) is 7.08. The van der Waals surface area contributed by atoms with Crippen LogP contribution in [0.3, 0.4) is 0 Å².